The van der Waals surface area contributed by atoms with Crippen LogP contribution in [0.4, 0.5) is 0 Å². The molecule has 1 aliphatic rings. The number of nitrogens with two attached hydrogens (primary N) is 1. The molecule has 0 saturated heterocycles. The maximum atomic E-state index is 6.26. The number of hydrogen-bond donors (Lipinski definition) is 2. The summed E-state index contributed by atoms with van der Waals surface area (Å²) >= 11 is 14.2. The molecule has 0 fully saturated rings. The summed E-state index contributed by atoms with van der Waals surface area (Å²) < 4.78 is 0. The fourth-order valence-electron chi connectivity index (χ4n) is 2.67. The molecule has 110 valence electrons. The van der Waals surface area contributed by atoms with Crippen LogP contribution < -0.4 is 11.3 Å². The molecule has 1 heterocycles. The molecule has 0 aromatic heterocycles. The summed E-state index contributed by atoms with van der Waals surface area (Å²) in [5.41, 5.74) is 5.38. The van der Waals surface area contributed by atoms with Crippen molar-refractivity contribution in [2.24, 2.45) is 5.84 Å². The minimum atomic E-state index is 0.151. The predicted octanol–water partition coefficient (Wildman–Crippen LogP) is 4.08. The van der Waals surface area contributed by atoms with Crippen molar-refractivity contribution >= 4 is 35.0 Å². The number of fused-ring (bicyclic) bond motifs is 1. The van der Waals surface area contributed by atoms with Gasteiger partial charge in [-0.25, -0.2) is 0 Å². The van der Waals surface area contributed by atoms with Crippen molar-refractivity contribution in [1.82, 2.24) is 5.43 Å². The Morgan fingerprint density at radius 1 is 1.24 bits per heavy atom. The quantitative estimate of drug-likeness (QED) is 0.651. The highest BCUT2D eigenvalue weighted by atomic mass is 35.5. The smallest absolute Gasteiger partial charge is 0.0439 e. The van der Waals surface area contributed by atoms with E-state index in [2.05, 4.69) is 29.7 Å². The largest absolute Gasteiger partial charge is 0.271 e. The summed E-state index contributed by atoms with van der Waals surface area (Å²) in [4.78, 5) is 1.35. The molecule has 2 nitrogen and oxygen atoms in total. The van der Waals surface area contributed by atoms with E-state index in [1.165, 1.54) is 10.5 Å². The summed E-state index contributed by atoms with van der Waals surface area (Å²) in [6.07, 6.45) is 1.79. The number of nitrogens with one attached hydrogen (secondary N) is 1. The SMILES string of the molecule is NNC(Cc1cc(Cl)ccc1Cl)C1Cc2ccccc2S1. The number of hydrazine groups is 1. The van der Waals surface area contributed by atoms with Gasteiger partial charge >= 0.3 is 0 Å². The average Bonchev–Trinajstić information content (AvgIpc) is 2.91. The number of halogens is 2. The molecule has 2 aromatic rings. The van der Waals surface area contributed by atoms with Crippen molar-refractivity contribution < 1.29 is 0 Å². The van der Waals surface area contributed by atoms with Gasteiger partial charge in [0.05, 0.1) is 0 Å². The van der Waals surface area contributed by atoms with Gasteiger partial charge in [-0.2, -0.15) is 0 Å². The van der Waals surface area contributed by atoms with Crippen LogP contribution in [0.3, 0.4) is 0 Å². The summed E-state index contributed by atoms with van der Waals surface area (Å²) in [6.45, 7) is 0. The molecule has 3 rings (SSSR count). The van der Waals surface area contributed by atoms with E-state index >= 15 is 0 Å². The molecule has 0 bridgehead atoms. The second-order valence-corrected chi connectivity index (χ2v) is 7.31. The van der Waals surface area contributed by atoms with E-state index in [1.54, 1.807) is 6.07 Å². The molecule has 2 aromatic carbocycles. The van der Waals surface area contributed by atoms with Gasteiger partial charge in [0.25, 0.3) is 0 Å². The lowest BCUT2D eigenvalue weighted by Gasteiger charge is -2.22. The third-order valence-corrected chi connectivity index (χ3v) is 5.84. The van der Waals surface area contributed by atoms with E-state index < -0.39 is 0 Å². The number of rotatable bonds is 4. The van der Waals surface area contributed by atoms with Gasteiger partial charge in [0.2, 0.25) is 0 Å². The lowest BCUT2D eigenvalue weighted by Crippen LogP contribution is -2.44. The second kappa shape index (κ2) is 6.59. The van der Waals surface area contributed by atoms with E-state index in [0.717, 1.165) is 23.4 Å². The lowest BCUT2D eigenvalue weighted by atomic mass is 9.99. The highest BCUT2D eigenvalue weighted by Gasteiger charge is 2.29. The molecular formula is C16H16Cl2N2S. The van der Waals surface area contributed by atoms with Gasteiger partial charge in [0.1, 0.15) is 0 Å². The first-order valence-electron chi connectivity index (χ1n) is 6.82. The van der Waals surface area contributed by atoms with Crippen LogP contribution in [-0.2, 0) is 12.8 Å². The van der Waals surface area contributed by atoms with Gasteiger partial charge in [-0.05, 0) is 48.2 Å². The van der Waals surface area contributed by atoms with Gasteiger partial charge in [-0.3, -0.25) is 11.3 Å². The minimum absolute atomic E-state index is 0.151. The third kappa shape index (κ3) is 3.38. The van der Waals surface area contributed by atoms with Gasteiger partial charge in [-0.15, -0.1) is 11.8 Å². The maximum absolute atomic E-state index is 6.26. The average molecular weight is 339 g/mol. The van der Waals surface area contributed by atoms with E-state index in [4.69, 9.17) is 29.0 Å². The lowest BCUT2D eigenvalue weighted by molar-refractivity contribution is 0.506. The van der Waals surface area contributed by atoms with E-state index in [1.807, 2.05) is 23.9 Å². The number of benzene rings is 2. The van der Waals surface area contributed by atoms with Crippen molar-refractivity contribution in [2.45, 2.75) is 29.0 Å². The standard InChI is InChI=1S/C16H16Cl2N2S/c17-12-5-6-13(18)11(7-12)8-14(20-19)16-9-10-3-1-2-4-15(10)21-16/h1-7,14,16,20H,8-9,19H2. The Balaban J connectivity index is 1.76. The van der Waals surface area contributed by atoms with Crippen LogP contribution in [0, 0.1) is 0 Å². The fraction of sp³-hybridized carbons (Fsp3) is 0.250. The zero-order valence-corrected chi connectivity index (χ0v) is 13.7. The normalized spacial score (nSPS) is 18.5. The van der Waals surface area contributed by atoms with Crippen LogP contribution in [0.1, 0.15) is 11.1 Å². The molecule has 3 N–H and O–H groups in total. The molecule has 2 unspecified atom stereocenters. The summed E-state index contributed by atoms with van der Waals surface area (Å²) in [5, 5.41) is 1.84. The Bertz CT molecular complexity index is 623. The Labute approximate surface area is 139 Å². The van der Waals surface area contributed by atoms with Crippen LogP contribution in [-0.4, -0.2) is 11.3 Å². The topological polar surface area (TPSA) is 38.0 Å². The van der Waals surface area contributed by atoms with Gasteiger partial charge in [-0.1, -0.05) is 41.4 Å². The first kappa shape index (κ1) is 15.2. The Hall–Kier alpha value is -0.710. The highest BCUT2D eigenvalue weighted by Crippen LogP contribution is 2.39. The first-order valence-corrected chi connectivity index (χ1v) is 8.45. The van der Waals surface area contributed by atoms with Crippen molar-refractivity contribution in [1.29, 1.82) is 0 Å². The van der Waals surface area contributed by atoms with Gasteiger partial charge in [0, 0.05) is 26.2 Å². The van der Waals surface area contributed by atoms with Crippen LogP contribution in [0.2, 0.25) is 10.0 Å². The molecule has 0 radical (unpaired) electrons. The minimum Gasteiger partial charge on any atom is -0.271 e. The van der Waals surface area contributed by atoms with E-state index in [-0.39, 0.29) is 6.04 Å². The van der Waals surface area contributed by atoms with E-state index in [0.29, 0.717) is 10.3 Å². The maximum Gasteiger partial charge on any atom is 0.0439 e. The number of thioether (sulfide) groups is 1. The number of hydrogen-bond acceptors (Lipinski definition) is 3. The van der Waals surface area contributed by atoms with Crippen LogP contribution in [0.5, 0.6) is 0 Å². The Kier molecular flexibility index (Phi) is 4.77. The molecule has 0 aliphatic carbocycles. The molecule has 1 aliphatic heterocycles. The Morgan fingerprint density at radius 3 is 2.81 bits per heavy atom. The van der Waals surface area contributed by atoms with Gasteiger partial charge in [0.15, 0.2) is 0 Å². The predicted molar refractivity (Wildman–Crippen MR) is 91.1 cm³/mol. The molecule has 0 saturated carbocycles. The zero-order valence-electron chi connectivity index (χ0n) is 11.4. The summed E-state index contributed by atoms with van der Waals surface area (Å²) in [6, 6.07) is 14.2. The van der Waals surface area contributed by atoms with Crippen LogP contribution in [0.15, 0.2) is 47.4 Å². The first-order chi connectivity index (χ1) is 10.2. The molecule has 0 amide bonds. The monoisotopic (exact) mass is 338 g/mol. The molecular weight excluding hydrogens is 323 g/mol. The molecule has 5 heteroatoms. The zero-order chi connectivity index (χ0) is 14.8. The van der Waals surface area contributed by atoms with Crippen molar-refractivity contribution in [3.05, 3.63) is 63.6 Å². The van der Waals surface area contributed by atoms with Crippen molar-refractivity contribution in [2.75, 3.05) is 0 Å². The Morgan fingerprint density at radius 2 is 2.05 bits per heavy atom. The van der Waals surface area contributed by atoms with Crippen molar-refractivity contribution in [3.63, 3.8) is 0 Å². The van der Waals surface area contributed by atoms with E-state index in [9.17, 15) is 0 Å². The fourth-order valence-corrected chi connectivity index (χ4v) is 4.45. The van der Waals surface area contributed by atoms with Gasteiger partial charge < -0.3 is 0 Å². The summed E-state index contributed by atoms with van der Waals surface area (Å²) in [7, 11) is 0. The third-order valence-electron chi connectivity index (χ3n) is 3.78. The summed E-state index contributed by atoms with van der Waals surface area (Å²) in [5.74, 6) is 5.78. The highest BCUT2D eigenvalue weighted by molar-refractivity contribution is 8.00. The molecule has 2 atom stereocenters. The molecule has 21 heavy (non-hydrogen) atoms. The van der Waals surface area contributed by atoms with Crippen LogP contribution >= 0.6 is 35.0 Å². The van der Waals surface area contributed by atoms with Crippen LogP contribution in [0.25, 0.3) is 0 Å². The molecule has 0 spiro atoms. The van der Waals surface area contributed by atoms with Crippen molar-refractivity contribution in [3.8, 4) is 0 Å². The second-order valence-electron chi connectivity index (χ2n) is 5.18.